The number of rotatable bonds is 4. The lowest BCUT2D eigenvalue weighted by molar-refractivity contribution is 0.0919. The van der Waals surface area contributed by atoms with E-state index in [0.29, 0.717) is 0 Å². The van der Waals surface area contributed by atoms with Gasteiger partial charge in [0.15, 0.2) is 0 Å². The van der Waals surface area contributed by atoms with Gasteiger partial charge >= 0.3 is 0 Å². The van der Waals surface area contributed by atoms with Crippen molar-refractivity contribution in [2.45, 2.75) is 57.5 Å². The van der Waals surface area contributed by atoms with Crippen molar-refractivity contribution < 1.29 is 0 Å². The predicted molar refractivity (Wildman–Crippen MR) is 80.9 cm³/mol. The van der Waals surface area contributed by atoms with Gasteiger partial charge < -0.3 is 15.5 Å². The van der Waals surface area contributed by atoms with E-state index < -0.39 is 0 Å². The first-order valence-electron chi connectivity index (χ1n) is 7.94. The van der Waals surface area contributed by atoms with Crippen LogP contribution in [0, 0.1) is 11.8 Å². The predicted octanol–water partition coefficient (Wildman–Crippen LogP) is 1.68. The van der Waals surface area contributed by atoms with E-state index in [9.17, 15) is 0 Å². The van der Waals surface area contributed by atoms with Crippen molar-refractivity contribution in [1.82, 2.24) is 9.80 Å². The van der Waals surface area contributed by atoms with Crippen LogP contribution in [-0.2, 0) is 0 Å². The Morgan fingerprint density at radius 3 is 2.42 bits per heavy atom. The van der Waals surface area contributed by atoms with Crippen LogP contribution in [0.4, 0.5) is 0 Å². The SMILES string of the molecule is CC#CC(N)CCN1CCC(N2CCCCC2)CC1. The monoisotopic (exact) mass is 263 g/mol. The van der Waals surface area contributed by atoms with E-state index in [0.717, 1.165) is 19.0 Å². The molecule has 0 aliphatic carbocycles. The summed E-state index contributed by atoms with van der Waals surface area (Å²) in [6, 6.07) is 0.908. The molecule has 1 unspecified atom stereocenters. The van der Waals surface area contributed by atoms with E-state index in [4.69, 9.17) is 5.73 Å². The molecule has 2 aliphatic heterocycles. The third-order valence-corrected chi connectivity index (χ3v) is 4.55. The van der Waals surface area contributed by atoms with E-state index in [1.807, 2.05) is 6.92 Å². The Morgan fingerprint density at radius 2 is 1.79 bits per heavy atom. The molecule has 0 aromatic carbocycles. The molecule has 0 amide bonds. The fourth-order valence-corrected chi connectivity index (χ4v) is 3.37. The average Bonchev–Trinajstić information content (AvgIpc) is 2.47. The normalized spacial score (nSPS) is 24.7. The lowest BCUT2D eigenvalue weighted by Gasteiger charge is -2.40. The molecule has 0 aromatic heterocycles. The van der Waals surface area contributed by atoms with Crippen LogP contribution in [0.5, 0.6) is 0 Å². The van der Waals surface area contributed by atoms with Gasteiger partial charge in [-0.05, 0) is 65.2 Å². The van der Waals surface area contributed by atoms with Gasteiger partial charge in [-0.15, -0.1) is 5.92 Å². The Bertz CT molecular complexity index is 304. The third-order valence-electron chi connectivity index (χ3n) is 4.55. The summed E-state index contributed by atoms with van der Waals surface area (Å²) in [5.74, 6) is 5.94. The van der Waals surface area contributed by atoms with Crippen molar-refractivity contribution in [1.29, 1.82) is 0 Å². The molecule has 2 rings (SSSR count). The van der Waals surface area contributed by atoms with Gasteiger partial charge in [0.05, 0.1) is 6.04 Å². The topological polar surface area (TPSA) is 32.5 Å². The second kappa shape index (κ2) is 7.89. The third kappa shape index (κ3) is 4.80. The number of hydrogen-bond acceptors (Lipinski definition) is 3. The Kier molecular flexibility index (Phi) is 6.16. The zero-order chi connectivity index (χ0) is 13.5. The van der Waals surface area contributed by atoms with Gasteiger partial charge in [0.1, 0.15) is 0 Å². The summed E-state index contributed by atoms with van der Waals surface area (Å²) in [5.41, 5.74) is 5.94. The maximum absolute atomic E-state index is 5.94. The Labute approximate surface area is 118 Å². The summed E-state index contributed by atoms with van der Waals surface area (Å²) in [5, 5.41) is 0. The number of hydrogen-bond donors (Lipinski definition) is 1. The second-order valence-corrected chi connectivity index (χ2v) is 5.96. The molecule has 2 heterocycles. The van der Waals surface area contributed by atoms with E-state index in [1.54, 1.807) is 0 Å². The standard InChI is InChI=1S/C16H29N3/c1-2-6-15(17)7-12-18-13-8-16(9-14-18)19-10-4-3-5-11-19/h15-16H,3-5,7-14,17H2,1H3. The van der Waals surface area contributed by atoms with Crippen LogP contribution in [-0.4, -0.2) is 54.6 Å². The summed E-state index contributed by atoms with van der Waals surface area (Å²) >= 11 is 0. The van der Waals surface area contributed by atoms with E-state index in [2.05, 4.69) is 21.6 Å². The fourth-order valence-electron chi connectivity index (χ4n) is 3.37. The van der Waals surface area contributed by atoms with Gasteiger partial charge in [0, 0.05) is 12.6 Å². The van der Waals surface area contributed by atoms with Crippen molar-refractivity contribution in [3.05, 3.63) is 0 Å². The minimum atomic E-state index is 0.0600. The molecule has 2 aliphatic rings. The summed E-state index contributed by atoms with van der Waals surface area (Å²) in [6.07, 6.45) is 7.94. The maximum Gasteiger partial charge on any atom is 0.0676 e. The first-order chi connectivity index (χ1) is 9.29. The van der Waals surface area contributed by atoms with Gasteiger partial charge in [-0.1, -0.05) is 12.3 Å². The minimum Gasteiger partial charge on any atom is -0.318 e. The van der Waals surface area contributed by atoms with Gasteiger partial charge in [-0.2, -0.15) is 0 Å². The van der Waals surface area contributed by atoms with E-state index in [-0.39, 0.29) is 6.04 Å². The van der Waals surface area contributed by atoms with E-state index >= 15 is 0 Å². The first kappa shape index (κ1) is 14.8. The van der Waals surface area contributed by atoms with Crippen LogP contribution in [0.15, 0.2) is 0 Å². The number of piperidine rings is 2. The zero-order valence-electron chi connectivity index (χ0n) is 12.4. The highest BCUT2D eigenvalue weighted by Gasteiger charge is 2.25. The highest BCUT2D eigenvalue weighted by molar-refractivity contribution is 5.04. The largest absolute Gasteiger partial charge is 0.318 e. The van der Waals surface area contributed by atoms with Crippen molar-refractivity contribution >= 4 is 0 Å². The molecule has 1 atom stereocenters. The zero-order valence-corrected chi connectivity index (χ0v) is 12.4. The van der Waals surface area contributed by atoms with Gasteiger partial charge in [0.25, 0.3) is 0 Å². The highest BCUT2D eigenvalue weighted by atomic mass is 15.2. The average molecular weight is 263 g/mol. The van der Waals surface area contributed by atoms with Crippen molar-refractivity contribution in [2.75, 3.05) is 32.7 Å². The molecule has 2 fully saturated rings. The summed E-state index contributed by atoms with van der Waals surface area (Å²) in [4.78, 5) is 5.30. The Hall–Kier alpha value is -0.560. The first-order valence-corrected chi connectivity index (χ1v) is 7.94. The molecule has 0 radical (unpaired) electrons. The summed E-state index contributed by atoms with van der Waals surface area (Å²) < 4.78 is 0. The van der Waals surface area contributed by atoms with Gasteiger partial charge in [0.2, 0.25) is 0 Å². The molecule has 108 valence electrons. The molecule has 2 saturated heterocycles. The van der Waals surface area contributed by atoms with Crippen LogP contribution in [0.2, 0.25) is 0 Å². The molecular formula is C16H29N3. The quantitative estimate of drug-likeness (QED) is 0.783. The van der Waals surface area contributed by atoms with Crippen LogP contribution < -0.4 is 5.73 Å². The Morgan fingerprint density at radius 1 is 1.11 bits per heavy atom. The van der Waals surface area contributed by atoms with Crippen LogP contribution >= 0.6 is 0 Å². The minimum absolute atomic E-state index is 0.0600. The maximum atomic E-state index is 5.94. The van der Waals surface area contributed by atoms with Gasteiger partial charge in [-0.3, -0.25) is 0 Å². The molecule has 19 heavy (non-hydrogen) atoms. The second-order valence-electron chi connectivity index (χ2n) is 5.96. The smallest absolute Gasteiger partial charge is 0.0676 e. The lowest BCUT2D eigenvalue weighted by Crippen LogP contribution is -2.47. The number of nitrogens with zero attached hydrogens (tertiary/aromatic N) is 2. The molecule has 0 spiro atoms. The highest BCUT2D eigenvalue weighted by Crippen LogP contribution is 2.20. The molecule has 3 heteroatoms. The van der Waals surface area contributed by atoms with Crippen LogP contribution in [0.1, 0.15) is 45.4 Å². The van der Waals surface area contributed by atoms with Crippen molar-refractivity contribution in [3.8, 4) is 11.8 Å². The summed E-state index contributed by atoms with van der Waals surface area (Å²) in [7, 11) is 0. The fraction of sp³-hybridized carbons (Fsp3) is 0.875. The van der Waals surface area contributed by atoms with Crippen LogP contribution in [0.3, 0.4) is 0 Å². The molecular weight excluding hydrogens is 234 g/mol. The van der Waals surface area contributed by atoms with Crippen LogP contribution in [0.25, 0.3) is 0 Å². The molecule has 3 nitrogen and oxygen atoms in total. The molecule has 0 bridgehead atoms. The number of likely N-dealkylation sites (tertiary alicyclic amines) is 2. The van der Waals surface area contributed by atoms with Crippen molar-refractivity contribution in [2.24, 2.45) is 5.73 Å². The van der Waals surface area contributed by atoms with Gasteiger partial charge in [-0.25, -0.2) is 0 Å². The molecule has 0 aromatic rings. The Balaban J connectivity index is 1.65. The summed E-state index contributed by atoms with van der Waals surface area (Å²) in [6.45, 7) is 8.14. The molecule has 0 saturated carbocycles. The van der Waals surface area contributed by atoms with Crippen molar-refractivity contribution in [3.63, 3.8) is 0 Å². The number of nitrogens with two attached hydrogens (primary N) is 1. The van der Waals surface area contributed by atoms with E-state index in [1.165, 1.54) is 58.3 Å². The molecule has 2 N–H and O–H groups in total. The lowest BCUT2D eigenvalue weighted by atomic mass is 9.99.